The first-order valence-corrected chi connectivity index (χ1v) is 12.2. The highest BCUT2D eigenvalue weighted by Gasteiger charge is 2.34. The van der Waals surface area contributed by atoms with Crippen LogP contribution in [-0.4, -0.2) is 65.9 Å². The van der Waals surface area contributed by atoms with E-state index in [1.165, 1.54) is 11.1 Å². The maximum absolute atomic E-state index is 13.9. The number of carbonyl (C=O) groups excluding carboxylic acids is 1. The van der Waals surface area contributed by atoms with Crippen molar-refractivity contribution in [3.05, 3.63) is 71.6 Å². The van der Waals surface area contributed by atoms with Gasteiger partial charge in [-0.1, -0.05) is 19.1 Å². The third-order valence-corrected chi connectivity index (χ3v) is 6.00. The van der Waals surface area contributed by atoms with Crippen LogP contribution in [0.25, 0.3) is 0 Å². The topological polar surface area (TPSA) is 120 Å². The Morgan fingerprint density at radius 1 is 1.18 bits per heavy atom. The molecule has 0 saturated carbocycles. The van der Waals surface area contributed by atoms with Crippen molar-refractivity contribution in [2.75, 3.05) is 32.3 Å². The summed E-state index contributed by atoms with van der Waals surface area (Å²) >= 11 is 0. The lowest BCUT2D eigenvalue weighted by atomic mass is 9.79. The van der Waals surface area contributed by atoms with Crippen molar-refractivity contribution in [3.8, 4) is 5.75 Å². The zero-order chi connectivity index (χ0) is 27.8. The van der Waals surface area contributed by atoms with E-state index in [2.05, 4.69) is 16.9 Å². The van der Waals surface area contributed by atoms with E-state index in [0.717, 1.165) is 36.2 Å². The van der Waals surface area contributed by atoms with Crippen LogP contribution in [0.15, 0.2) is 59.7 Å². The molecule has 9 nitrogen and oxygen atoms in total. The Kier molecular flexibility index (Phi) is 9.72. The molecule has 1 aliphatic heterocycles. The number of amides is 1. The van der Waals surface area contributed by atoms with Crippen LogP contribution in [0, 0.1) is 17.7 Å². The second-order valence-electron chi connectivity index (χ2n) is 9.62. The maximum Gasteiger partial charge on any atom is 0.328 e. The number of carboxylic acids is 2. The van der Waals surface area contributed by atoms with E-state index in [1.54, 1.807) is 6.07 Å². The van der Waals surface area contributed by atoms with Crippen molar-refractivity contribution in [2.45, 2.75) is 26.2 Å². The molecule has 2 unspecified atom stereocenters. The number of aryl methyl sites for hydroxylation is 1. The molecule has 2 atom stereocenters. The fourth-order valence-electron chi connectivity index (χ4n) is 4.45. The first-order chi connectivity index (χ1) is 18.0. The lowest BCUT2D eigenvalue weighted by Crippen LogP contribution is -2.39. The number of fused-ring (bicyclic) bond motifs is 3. The highest BCUT2D eigenvalue weighted by Crippen LogP contribution is 2.34. The lowest BCUT2D eigenvalue weighted by molar-refractivity contribution is -0.134. The summed E-state index contributed by atoms with van der Waals surface area (Å²) < 4.78 is 19.8. The second kappa shape index (κ2) is 13.0. The zero-order valence-corrected chi connectivity index (χ0v) is 21.6. The summed E-state index contributed by atoms with van der Waals surface area (Å²) in [5.41, 5.74) is 3.40. The first-order valence-electron chi connectivity index (χ1n) is 12.2. The summed E-state index contributed by atoms with van der Waals surface area (Å²) in [7, 11) is 4.08. The molecule has 1 heterocycles. The van der Waals surface area contributed by atoms with Crippen LogP contribution in [0.5, 0.6) is 5.75 Å². The van der Waals surface area contributed by atoms with Gasteiger partial charge in [-0.3, -0.25) is 4.79 Å². The van der Waals surface area contributed by atoms with E-state index < -0.39 is 11.9 Å². The molecule has 0 spiro atoms. The Bertz CT molecular complexity index is 1230. The number of anilines is 1. The summed E-state index contributed by atoms with van der Waals surface area (Å²) in [5, 5.41) is 21.8. The van der Waals surface area contributed by atoms with Crippen LogP contribution in [0.4, 0.5) is 10.1 Å². The minimum atomic E-state index is -1.26. The second-order valence-corrected chi connectivity index (χ2v) is 9.62. The number of hydrogen-bond donors (Lipinski definition) is 2. The number of hydrogen-bond acceptors (Lipinski definition) is 6. The van der Waals surface area contributed by atoms with Crippen molar-refractivity contribution < 1.29 is 33.7 Å². The highest BCUT2D eigenvalue weighted by atomic mass is 19.1. The van der Waals surface area contributed by atoms with Crippen LogP contribution >= 0.6 is 0 Å². The van der Waals surface area contributed by atoms with Crippen molar-refractivity contribution >= 4 is 29.2 Å². The van der Waals surface area contributed by atoms with E-state index in [0.29, 0.717) is 42.5 Å². The number of ether oxygens (including phenoxy) is 1. The van der Waals surface area contributed by atoms with Crippen LogP contribution in [0.1, 0.15) is 30.9 Å². The number of rotatable bonds is 8. The van der Waals surface area contributed by atoms with Gasteiger partial charge < -0.3 is 19.8 Å². The molecule has 202 valence electrons. The van der Waals surface area contributed by atoms with E-state index in [4.69, 9.17) is 14.9 Å². The number of carbonyl (C=O) groups is 3. The normalized spacial score (nSPS) is 17.2. The maximum atomic E-state index is 13.9. The Morgan fingerprint density at radius 2 is 1.89 bits per heavy atom. The lowest BCUT2D eigenvalue weighted by Gasteiger charge is -2.33. The number of carboxylic acid groups (broad SMARTS) is 2. The third kappa shape index (κ3) is 7.97. The molecular weight excluding hydrogens is 493 g/mol. The van der Waals surface area contributed by atoms with Crippen molar-refractivity contribution in [2.24, 2.45) is 16.9 Å². The molecule has 38 heavy (non-hydrogen) atoms. The zero-order valence-electron chi connectivity index (χ0n) is 21.6. The standard InChI is InChI=1S/C24H28FN3O2.C4H4O4/c1-16(14-27(2)3)15-30-21-6-4-5-20(13-21)28-23(29)11-18-8-7-17-9-10-19(25)12-22(17)24(18)26-28;5-3(6)1-2-4(7)8/h4-6,9-10,12-13,16,18H,7-8,11,14-15H2,1-3H3;1-2H,(H,5,6)(H,7,8). The molecule has 0 bridgehead atoms. The van der Waals surface area contributed by atoms with Gasteiger partial charge in [0.05, 0.1) is 18.0 Å². The third-order valence-electron chi connectivity index (χ3n) is 6.00. The molecular formula is C28H32FN3O6. The quantitative estimate of drug-likeness (QED) is 0.503. The number of hydrazone groups is 1. The van der Waals surface area contributed by atoms with Gasteiger partial charge in [0.1, 0.15) is 11.6 Å². The van der Waals surface area contributed by atoms with E-state index in [1.807, 2.05) is 44.4 Å². The molecule has 1 amide bonds. The Balaban J connectivity index is 0.000000436. The van der Waals surface area contributed by atoms with Gasteiger partial charge in [-0.05, 0) is 56.8 Å². The van der Waals surface area contributed by atoms with Gasteiger partial charge in [-0.2, -0.15) is 5.10 Å². The molecule has 2 aromatic rings. The van der Waals surface area contributed by atoms with Crippen LogP contribution in [-0.2, 0) is 20.8 Å². The van der Waals surface area contributed by atoms with E-state index in [9.17, 15) is 18.8 Å². The molecule has 0 saturated heterocycles. The van der Waals surface area contributed by atoms with Crippen molar-refractivity contribution in [1.29, 1.82) is 0 Å². The summed E-state index contributed by atoms with van der Waals surface area (Å²) in [6.07, 6.45) is 3.22. The minimum Gasteiger partial charge on any atom is -0.493 e. The molecule has 0 radical (unpaired) electrons. The fourth-order valence-corrected chi connectivity index (χ4v) is 4.45. The molecule has 2 aliphatic rings. The SMILES string of the molecule is CC(COc1cccc(N2N=C3c4cc(F)ccc4CCC3CC2=O)c1)CN(C)C.O=C(O)C=CC(=O)O. The highest BCUT2D eigenvalue weighted by molar-refractivity contribution is 6.11. The van der Waals surface area contributed by atoms with Gasteiger partial charge in [0.25, 0.3) is 0 Å². The predicted octanol–water partition coefficient (Wildman–Crippen LogP) is 3.82. The molecule has 1 aliphatic carbocycles. The smallest absolute Gasteiger partial charge is 0.328 e. The molecule has 2 N–H and O–H groups in total. The van der Waals surface area contributed by atoms with E-state index in [-0.39, 0.29) is 17.6 Å². The first kappa shape index (κ1) is 28.5. The average Bonchev–Trinajstić information content (AvgIpc) is 2.86. The minimum absolute atomic E-state index is 0.0401. The van der Waals surface area contributed by atoms with Crippen LogP contribution < -0.4 is 9.75 Å². The molecule has 4 rings (SSSR count). The Morgan fingerprint density at radius 3 is 2.55 bits per heavy atom. The van der Waals surface area contributed by atoms with Gasteiger partial charge in [0.15, 0.2) is 0 Å². The predicted molar refractivity (Wildman–Crippen MR) is 141 cm³/mol. The van der Waals surface area contributed by atoms with Gasteiger partial charge in [-0.25, -0.2) is 19.0 Å². The van der Waals surface area contributed by atoms with E-state index >= 15 is 0 Å². The Labute approximate surface area is 220 Å². The number of halogens is 1. The van der Waals surface area contributed by atoms with Gasteiger partial charge in [0.2, 0.25) is 5.91 Å². The van der Waals surface area contributed by atoms with Crippen molar-refractivity contribution in [3.63, 3.8) is 0 Å². The monoisotopic (exact) mass is 525 g/mol. The molecule has 2 aromatic carbocycles. The number of nitrogens with zero attached hydrogens (tertiary/aromatic N) is 3. The summed E-state index contributed by atoms with van der Waals surface area (Å²) in [6.45, 7) is 3.68. The molecule has 0 fully saturated rings. The number of aliphatic carboxylic acids is 2. The van der Waals surface area contributed by atoms with Gasteiger partial charge >= 0.3 is 11.9 Å². The van der Waals surface area contributed by atoms with Gasteiger partial charge in [-0.15, -0.1) is 0 Å². The molecule has 10 heteroatoms. The summed E-state index contributed by atoms with van der Waals surface area (Å²) in [6, 6.07) is 12.3. The van der Waals surface area contributed by atoms with Crippen LogP contribution in [0.2, 0.25) is 0 Å². The average molecular weight is 526 g/mol. The van der Waals surface area contributed by atoms with Crippen LogP contribution in [0.3, 0.4) is 0 Å². The number of benzene rings is 2. The van der Waals surface area contributed by atoms with Crippen molar-refractivity contribution in [1.82, 2.24) is 4.90 Å². The summed E-state index contributed by atoms with van der Waals surface area (Å²) in [5.74, 6) is -1.68. The van der Waals surface area contributed by atoms with Gasteiger partial charge in [0, 0.05) is 48.6 Å². The Hall–Kier alpha value is -4.05. The summed E-state index contributed by atoms with van der Waals surface area (Å²) in [4.78, 5) is 34.1. The largest absolute Gasteiger partial charge is 0.493 e. The molecule has 0 aromatic heterocycles. The fraction of sp³-hybridized carbons (Fsp3) is 0.357.